The molecule has 0 spiro atoms. The minimum Gasteiger partial charge on any atom is -0.479 e. The predicted octanol–water partition coefficient (Wildman–Crippen LogP) is -0.0808. The summed E-state index contributed by atoms with van der Waals surface area (Å²) in [6.07, 6.45) is -1.29. The van der Waals surface area contributed by atoms with E-state index < -0.39 is 18.1 Å². The van der Waals surface area contributed by atoms with Crippen molar-refractivity contribution in [3.8, 4) is 0 Å². The van der Waals surface area contributed by atoms with Crippen molar-refractivity contribution in [2.24, 2.45) is 0 Å². The molecule has 5 nitrogen and oxygen atoms in total. The van der Waals surface area contributed by atoms with Crippen molar-refractivity contribution < 1.29 is 19.8 Å². The van der Waals surface area contributed by atoms with Crippen molar-refractivity contribution in [1.82, 2.24) is 5.32 Å². The number of aliphatic hydroxyl groups excluding tert-OH is 1. The minimum atomic E-state index is -1.66. The topological polar surface area (TPSA) is 86.6 Å². The highest BCUT2D eigenvalue weighted by Gasteiger charge is 2.26. The Balaban J connectivity index is 2.92. The van der Waals surface area contributed by atoms with Gasteiger partial charge >= 0.3 is 5.97 Å². The number of carbonyl (C=O) groups excluding carboxylic acids is 1. The highest BCUT2D eigenvalue weighted by atomic mass is 16.4. The van der Waals surface area contributed by atoms with E-state index >= 15 is 0 Å². The molecule has 1 rings (SSSR count). The van der Waals surface area contributed by atoms with Gasteiger partial charge in [0.1, 0.15) is 0 Å². The summed E-state index contributed by atoms with van der Waals surface area (Å²) >= 11 is 0. The Morgan fingerprint density at radius 2 is 1.93 bits per heavy atom. The first-order valence-corrected chi connectivity index (χ1v) is 4.32. The number of amides is 1. The van der Waals surface area contributed by atoms with Crippen LogP contribution in [0.4, 0.5) is 0 Å². The maximum atomic E-state index is 10.6. The van der Waals surface area contributed by atoms with Crippen LogP contribution in [0.25, 0.3) is 0 Å². The summed E-state index contributed by atoms with van der Waals surface area (Å²) in [5.41, 5.74) is 0.541. The number of rotatable bonds is 5. The lowest BCUT2D eigenvalue weighted by Gasteiger charge is -2.19. The van der Waals surface area contributed by atoms with Crippen molar-refractivity contribution >= 4 is 12.4 Å². The third-order valence-electron chi connectivity index (χ3n) is 1.98. The first kappa shape index (κ1) is 11.2. The lowest BCUT2D eigenvalue weighted by Crippen LogP contribution is -2.36. The van der Waals surface area contributed by atoms with Crippen LogP contribution < -0.4 is 5.32 Å². The number of hydrogen-bond donors (Lipinski definition) is 3. The molecule has 0 radical (unpaired) electrons. The average molecular weight is 209 g/mol. The maximum Gasteiger partial charge on any atom is 0.335 e. The van der Waals surface area contributed by atoms with E-state index in [1.54, 1.807) is 30.3 Å². The number of aliphatic hydroxyl groups is 1. The zero-order valence-electron chi connectivity index (χ0n) is 7.83. The molecule has 1 aromatic carbocycles. The van der Waals surface area contributed by atoms with Crippen LogP contribution in [-0.4, -0.2) is 28.7 Å². The van der Waals surface area contributed by atoms with Crippen LogP contribution >= 0.6 is 0 Å². The molecule has 3 N–H and O–H groups in total. The molecule has 0 aliphatic heterocycles. The summed E-state index contributed by atoms with van der Waals surface area (Å²) in [6.45, 7) is 0. The van der Waals surface area contributed by atoms with Crippen LogP contribution in [0.3, 0.4) is 0 Å². The van der Waals surface area contributed by atoms with Gasteiger partial charge in [-0.15, -0.1) is 0 Å². The molecule has 0 bridgehead atoms. The van der Waals surface area contributed by atoms with Crippen molar-refractivity contribution in [2.45, 2.75) is 12.1 Å². The van der Waals surface area contributed by atoms with Crippen LogP contribution in [0.15, 0.2) is 30.3 Å². The molecule has 2 atom stereocenters. The Hall–Kier alpha value is -1.88. The van der Waals surface area contributed by atoms with Crippen LogP contribution in [-0.2, 0) is 9.59 Å². The number of hydrogen-bond acceptors (Lipinski definition) is 3. The van der Waals surface area contributed by atoms with Gasteiger partial charge in [-0.3, -0.25) is 4.79 Å². The van der Waals surface area contributed by atoms with Gasteiger partial charge < -0.3 is 15.5 Å². The van der Waals surface area contributed by atoms with Gasteiger partial charge in [0.25, 0.3) is 0 Å². The van der Waals surface area contributed by atoms with Gasteiger partial charge in [-0.1, -0.05) is 30.3 Å². The van der Waals surface area contributed by atoms with Crippen LogP contribution in [0.2, 0.25) is 0 Å². The summed E-state index contributed by atoms with van der Waals surface area (Å²) in [6, 6.07) is 7.49. The molecular weight excluding hydrogens is 198 g/mol. The van der Waals surface area contributed by atoms with Crippen molar-refractivity contribution in [3.05, 3.63) is 35.9 Å². The third kappa shape index (κ3) is 2.78. The smallest absolute Gasteiger partial charge is 0.335 e. The van der Waals surface area contributed by atoms with Crippen molar-refractivity contribution in [2.75, 3.05) is 0 Å². The van der Waals surface area contributed by atoms with E-state index in [2.05, 4.69) is 5.32 Å². The molecular formula is C10H11NO4. The van der Waals surface area contributed by atoms with Gasteiger partial charge in [0, 0.05) is 0 Å². The van der Waals surface area contributed by atoms with Gasteiger partial charge in [-0.2, -0.15) is 0 Å². The van der Waals surface area contributed by atoms with Gasteiger partial charge in [-0.05, 0) is 5.56 Å². The summed E-state index contributed by atoms with van der Waals surface area (Å²) in [5, 5.41) is 20.3. The zero-order valence-corrected chi connectivity index (χ0v) is 7.83. The Labute approximate surface area is 86.4 Å². The van der Waals surface area contributed by atoms with Gasteiger partial charge in [0.2, 0.25) is 6.41 Å². The zero-order chi connectivity index (χ0) is 11.3. The number of aliphatic carboxylic acids is 1. The fraction of sp³-hybridized carbons (Fsp3) is 0.200. The standard InChI is InChI=1S/C10H11NO4/c12-6-11-8(9(13)10(14)15)7-4-2-1-3-5-7/h1-6,8-9,13H,(H,11,12)(H,14,15)/t8-,9+/m0/s1. The van der Waals surface area contributed by atoms with Gasteiger partial charge in [0.15, 0.2) is 6.10 Å². The Morgan fingerprint density at radius 1 is 1.33 bits per heavy atom. The molecule has 15 heavy (non-hydrogen) atoms. The number of carboxylic acid groups (broad SMARTS) is 1. The molecule has 1 amide bonds. The molecule has 5 heteroatoms. The minimum absolute atomic E-state index is 0.365. The summed E-state index contributed by atoms with van der Waals surface area (Å²) < 4.78 is 0. The first-order valence-electron chi connectivity index (χ1n) is 4.32. The van der Waals surface area contributed by atoms with Gasteiger partial charge in [0.05, 0.1) is 6.04 Å². The highest BCUT2D eigenvalue weighted by Crippen LogP contribution is 2.16. The lowest BCUT2D eigenvalue weighted by atomic mass is 10.0. The maximum absolute atomic E-state index is 10.6. The predicted molar refractivity (Wildman–Crippen MR) is 52.0 cm³/mol. The van der Waals surface area contributed by atoms with E-state index in [0.717, 1.165) is 0 Å². The molecule has 0 fully saturated rings. The molecule has 80 valence electrons. The SMILES string of the molecule is O=CN[C@@H](c1ccccc1)[C@@H](O)C(=O)O. The largest absolute Gasteiger partial charge is 0.479 e. The number of carbonyl (C=O) groups is 2. The lowest BCUT2D eigenvalue weighted by molar-refractivity contribution is -0.148. The van der Waals surface area contributed by atoms with Crippen molar-refractivity contribution in [3.63, 3.8) is 0 Å². The van der Waals surface area contributed by atoms with E-state index in [-0.39, 0.29) is 0 Å². The summed E-state index contributed by atoms with van der Waals surface area (Å²) in [4.78, 5) is 20.9. The number of benzene rings is 1. The molecule has 0 aliphatic carbocycles. The molecule has 0 saturated heterocycles. The highest BCUT2D eigenvalue weighted by molar-refractivity contribution is 5.74. The summed E-state index contributed by atoms with van der Waals surface area (Å²) in [5.74, 6) is -1.38. The van der Waals surface area contributed by atoms with E-state index in [1.807, 2.05) is 0 Å². The second-order valence-electron chi connectivity index (χ2n) is 2.96. The first-order chi connectivity index (χ1) is 7.16. The van der Waals surface area contributed by atoms with Crippen LogP contribution in [0.5, 0.6) is 0 Å². The van der Waals surface area contributed by atoms with Gasteiger partial charge in [-0.25, -0.2) is 4.79 Å². The van der Waals surface area contributed by atoms with Crippen LogP contribution in [0.1, 0.15) is 11.6 Å². The molecule has 0 unspecified atom stereocenters. The number of nitrogens with one attached hydrogen (secondary N) is 1. The number of carboxylic acids is 1. The monoisotopic (exact) mass is 209 g/mol. The average Bonchev–Trinajstić information content (AvgIpc) is 2.26. The quantitative estimate of drug-likeness (QED) is 0.592. The second kappa shape index (κ2) is 5.11. The van der Waals surface area contributed by atoms with E-state index in [4.69, 9.17) is 5.11 Å². The fourth-order valence-electron chi connectivity index (χ4n) is 1.25. The molecule has 0 saturated carbocycles. The Bertz CT molecular complexity index is 339. The molecule has 0 aliphatic rings. The third-order valence-corrected chi connectivity index (χ3v) is 1.98. The van der Waals surface area contributed by atoms with E-state index in [1.165, 1.54) is 0 Å². The summed E-state index contributed by atoms with van der Waals surface area (Å²) in [7, 11) is 0. The van der Waals surface area contributed by atoms with E-state index in [0.29, 0.717) is 12.0 Å². The van der Waals surface area contributed by atoms with Crippen LogP contribution in [0, 0.1) is 0 Å². The molecule has 0 heterocycles. The Morgan fingerprint density at radius 3 is 2.40 bits per heavy atom. The second-order valence-corrected chi connectivity index (χ2v) is 2.96. The normalized spacial score (nSPS) is 13.9. The van der Waals surface area contributed by atoms with Crippen molar-refractivity contribution in [1.29, 1.82) is 0 Å². The molecule has 1 aromatic rings. The fourth-order valence-corrected chi connectivity index (χ4v) is 1.25. The van der Waals surface area contributed by atoms with E-state index in [9.17, 15) is 14.7 Å². The Kier molecular flexibility index (Phi) is 3.82. The molecule has 0 aromatic heterocycles.